The molecule has 0 amide bonds. The third kappa shape index (κ3) is 4.32. The molecule has 3 heteroatoms. The third-order valence-electron chi connectivity index (χ3n) is 3.51. The lowest BCUT2D eigenvalue weighted by Gasteiger charge is -2.15. The Kier molecular flexibility index (Phi) is 5.43. The minimum absolute atomic E-state index is 0.0450. The van der Waals surface area contributed by atoms with E-state index in [4.69, 9.17) is 10.5 Å². The predicted molar refractivity (Wildman–Crippen MR) is 91.6 cm³/mol. The van der Waals surface area contributed by atoms with Crippen molar-refractivity contribution in [2.75, 3.05) is 0 Å². The van der Waals surface area contributed by atoms with Gasteiger partial charge < -0.3 is 10.5 Å². The monoisotopic (exact) mass is 347 g/mol. The summed E-state index contributed by atoms with van der Waals surface area (Å²) in [6.07, 6.45) is 0. The molecule has 2 nitrogen and oxygen atoms in total. The molecule has 0 saturated heterocycles. The number of hydrogen-bond donors (Lipinski definition) is 1. The highest BCUT2D eigenvalue weighted by atomic mass is 79.9. The van der Waals surface area contributed by atoms with Crippen LogP contribution in [0.3, 0.4) is 0 Å². The van der Waals surface area contributed by atoms with Crippen molar-refractivity contribution in [3.63, 3.8) is 0 Å². The number of benzene rings is 2. The van der Waals surface area contributed by atoms with Crippen LogP contribution < -0.4 is 10.5 Å². The van der Waals surface area contributed by atoms with Crippen LogP contribution in [0.4, 0.5) is 0 Å². The molecule has 0 aliphatic carbocycles. The van der Waals surface area contributed by atoms with Crippen LogP contribution in [0.25, 0.3) is 0 Å². The van der Waals surface area contributed by atoms with Crippen molar-refractivity contribution >= 4 is 15.9 Å². The zero-order chi connectivity index (χ0) is 15.4. The van der Waals surface area contributed by atoms with Gasteiger partial charge in [0.2, 0.25) is 0 Å². The Morgan fingerprint density at radius 3 is 2.29 bits per heavy atom. The molecule has 0 heterocycles. The van der Waals surface area contributed by atoms with Crippen LogP contribution >= 0.6 is 15.9 Å². The molecule has 1 unspecified atom stereocenters. The second-order valence-corrected chi connectivity index (χ2v) is 6.57. The largest absolute Gasteiger partial charge is 0.489 e. The Balaban J connectivity index is 2.10. The summed E-state index contributed by atoms with van der Waals surface area (Å²) in [5.74, 6) is 1.39. The molecule has 0 bridgehead atoms. The van der Waals surface area contributed by atoms with Gasteiger partial charge in [0, 0.05) is 16.1 Å². The first-order chi connectivity index (χ1) is 9.97. The van der Waals surface area contributed by atoms with Crippen LogP contribution in [0.5, 0.6) is 5.75 Å². The Morgan fingerprint density at radius 1 is 1.05 bits per heavy atom. The van der Waals surface area contributed by atoms with Crippen molar-refractivity contribution in [1.82, 2.24) is 0 Å². The molecule has 2 N–H and O–H groups in total. The topological polar surface area (TPSA) is 35.2 Å². The third-order valence-corrected chi connectivity index (χ3v) is 4.00. The van der Waals surface area contributed by atoms with Crippen molar-refractivity contribution in [3.05, 3.63) is 63.6 Å². The summed E-state index contributed by atoms with van der Waals surface area (Å²) in [4.78, 5) is 0. The molecular formula is C18H22BrNO. The standard InChI is InChI=1S/C18H22BrNO/c1-12(2)15-6-4-14(5-7-15)11-21-18-10-16(19)8-9-17(18)13(3)20/h4-10,12-13H,11,20H2,1-3H3. The van der Waals surface area contributed by atoms with Crippen LogP contribution in [0.2, 0.25) is 0 Å². The molecule has 1 atom stereocenters. The highest BCUT2D eigenvalue weighted by Gasteiger charge is 2.09. The fraction of sp³-hybridized carbons (Fsp3) is 0.333. The van der Waals surface area contributed by atoms with E-state index in [9.17, 15) is 0 Å². The highest BCUT2D eigenvalue weighted by Crippen LogP contribution is 2.28. The summed E-state index contributed by atoms with van der Waals surface area (Å²) in [5.41, 5.74) is 9.52. The van der Waals surface area contributed by atoms with Gasteiger partial charge in [-0.1, -0.05) is 60.1 Å². The Labute approximate surface area is 135 Å². The Bertz CT molecular complexity index is 591. The molecule has 0 aromatic heterocycles. The van der Waals surface area contributed by atoms with E-state index >= 15 is 0 Å². The minimum atomic E-state index is -0.0450. The molecule has 0 aliphatic rings. The first kappa shape index (κ1) is 16.1. The second kappa shape index (κ2) is 7.10. The molecule has 2 rings (SSSR count). The fourth-order valence-corrected chi connectivity index (χ4v) is 2.51. The predicted octanol–water partition coefficient (Wildman–Crippen LogP) is 5.17. The first-order valence-electron chi connectivity index (χ1n) is 7.24. The molecule has 112 valence electrons. The van der Waals surface area contributed by atoms with Gasteiger partial charge in [0.1, 0.15) is 12.4 Å². The van der Waals surface area contributed by atoms with Crippen molar-refractivity contribution < 1.29 is 4.74 Å². The lowest BCUT2D eigenvalue weighted by molar-refractivity contribution is 0.301. The van der Waals surface area contributed by atoms with Crippen LogP contribution in [-0.2, 0) is 6.61 Å². The first-order valence-corrected chi connectivity index (χ1v) is 8.03. The van der Waals surface area contributed by atoms with E-state index in [1.165, 1.54) is 5.56 Å². The van der Waals surface area contributed by atoms with Gasteiger partial charge in [-0.05, 0) is 36.1 Å². The van der Waals surface area contributed by atoms with Crippen LogP contribution in [0, 0.1) is 0 Å². The number of nitrogens with two attached hydrogens (primary N) is 1. The van der Waals surface area contributed by atoms with Gasteiger partial charge >= 0.3 is 0 Å². The summed E-state index contributed by atoms with van der Waals surface area (Å²) in [7, 11) is 0. The molecular weight excluding hydrogens is 326 g/mol. The van der Waals surface area contributed by atoms with Crippen molar-refractivity contribution in [3.8, 4) is 5.75 Å². The van der Waals surface area contributed by atoms with Crippen LogP contribution in [-0.4, -0.2) is 0 Å². The molecule has 0 radical (unpaired) electrons. The summed E-state index contributed by atoms with van der Waals surface area (Å²) in [6.45, 7) is 6.91. The van der Waals surface area contributed by atoms with E-state index in [2.05, 4.69) is 54.0 Å². The lowest BCUT2D eigenvalue weighted by Crippen LogP contribution is -2.08. The normalized spacial score (nSPS) is 12.5. The van der Waals surface area contributed by atoms with Crippen LogP contribution in [0.15, 0.2) is 46.9 Å². The van der Waals surface area contributed by atoms with E-state index in [-0.39, 0.29) is 6.04 Å². The zero-order valence-corrected chi connectivity index (χ0v) is 14.4. The van der Waals surface area contributed by atoms with Gasteiger partial charge in [0.05, 0.1) is 0 Å². The molecule has 21 heavy (non-hydrogen) atoms. The maximum absolute atomic E-state index is 5.99. The van der Waals surface area contributed by atoms with Gasteiger partial charge in [0.15, 0.2) is 0 Å². The Morgan fingerprint density at radius 2 is 1.71 bits per heavy atom. The maximum atomic E-state index is 5.99. The molecule has 2 aromatic carbocycles. The fourth-order valence-electron chi connectivity index (χ4n) is 2.17. The number of halogens is 1. The van der Waals surface area contributed by atoms with E-state index in [0.717, 1.165) is 21.3 Å². The average molecular weight is 348 g/mol. The summed E-state index contributed by atoms with van der Waals surface area (Å²) >= 11 is 3.48. The summed E-state index contributed by atoms with van der Waals surface area (Å²) in [5, 5.41) is 0. The van der Waals surface area contributed by atoms with Gasteiger partial charge in [-0.15, -0.1) is 0 Å². The Hall–Kier alpha value is -1.32. The van der Waals surface area contributed by atoms with Gasteiger partial charge in [0.25, 0.3) is 0 Å². The lowest BCUT2D eigenvalue weighted by atomic mass is 10.0. The van der Waals surface area contributed by atoms with E-state index in [0.29, 0.717) is 12.5 Å². The van der Waals surface area contributed by atoms with E-state index < -0.39 is 0 Å². The molecule has 0 fully saturated rings. The molecule has 0 saturated carbocycles. The van der Waals surface area contributed by atoms with Gasteiger partial charge in [-0.3, -0.25) is 0 Å². The average Bonchev–Trinajstić information content (AvgIpc) is 2.45. The summed E-state index contributed by atoms with van der Waals surface area (Å²) in [6, 6.07) is 14.5. The maximum Gasteiger partial charge on any atom is 0.125 e. The summed E-state index contributed by atoms with van der Waals surface area (Å²) < 4.78 is 6.95. The smallest absolute Gasteiger partial charge is 0.125 e. The van der Waals surface area contributed by atoms with E-state index in [1.54, 1.807) is 0 Å². The zero-order valence-electron chi connectivity index (χ0n) is 12.8. The van der Waals surface area contributed by atoms with Gasteiger partial charge in [-0.2, -0.15) is 0 Å². The SMILES string of the molecule is CC(C)c1ccc(COc2cc(Br)ccc2C(C)N)cc1. The van der Waals surface area contributed by atoms with Crippen molar-refractivity contribution in [2.45, 2.75) is 39.3 Å². The number of rotatable bonds is 5. The van der Waals surface area contributed by atoms with Crippen molar-refractivity contribution in [1.29, 1.82) is 0 Å². The second-order valence-electron chi connectivity index (χ2n) is 5.66. The minimum Gasteiger partial charge on any atom is -0.489 e. The van der Waals surface area contributed by atoms with Crippen LogP contribution in [0.1, 0.15) is 49.4 Å². The quantitative estimate of drug-likeness (QED) is 0.809. The number of hydrogen-bond acceptors (Lipinski definition) is 2. The van der Waals surface area contributed by atoms with E-state index in [1.807, 2.05) is 25.1 Å². The number of ether oxygens (including phenoxy) is 1. The molecule has 2 aromatic rings. The molecule has 0 aliphatic heterocycles. The van der Waals surface area contributed by atoms with Gasteiger partial charge in [-0.25, -0.2) is 0 Å². The van der Waals surface area contributed by atoms with Crippen molar-refractivity contribution in [2.24, 2.45) is 5.73 Å². The molecule has 0 spiro atoms. The highest BCUT2D eigenvalue weighted by molar-refractivity contribution is 9.10.